The molecule has 1 rings (SSSR count). The summed E-state index contributed by atoms with van der Waals surface area (Å²) in [4.78, 5) is 10.2. The lowest BCUT2D eigenvalue weighted by molar-refractivity contribution is 0.0661. The second kappa shape index (κ2) is 3.06. The van der Waals surface area contributed by atoms with Crippen molar-refractivity contribution < 1.29 is 14.3 Å². The fourth-order valence-electron chi connectivity index (χ4n) is 0.592. The maximum atomic E-state index is 10.2. The molecule has 0 unspecified atom stereocenters. The number of hydrogen-bond donors (Lipinski definition) is 1. The van der Waals surface area contributed by atoms with Crippen LogP contribution < -0.4 is 0 Å². The van der Waals surface area contributed by atoms with E-state index in [2.05, 4.69) is 4.42 Å². The molecule has 0 aliphatic carbocycles. The van der Waals surface area contributed by atoms with Crippen LogP contribution >= 0.6 is 0 Å². The van der Waals surface area contributed by atoms with Gasteiger partial charge in [0.05, 0.1) is 6.26 Å². The first-order valence-corrected chi connectivity index (χ1v) is 2.49. The summed E-state index contributed by atoms with van der Waals surface area (Å²) in [5.41, 5.74) is 0.655. The van der Waals surface area contributed by atoms with Crippen molar-refractivity contribution in [1.82, 2.24) is 0 Å². The maximum absolute atomic E-state index is 10.2. The molecule has 0 radical (unpaired) electrons. The Balaban J connectivity index is 0.000000810. The molecule has 0 bridgehead atoms. The predicted octanol–water partition coefficient (Wildman–Crippen LogP) is 1.92. The topological polar surface area (TPSA) is 50.4 Å². The van der Waals surface area contributed by atoms with Crippen molar-refractivity contribution in [2.45, 2.75) is 14.4 Å². The van der Waals surface area contributed by atoms with E-state index in [9.17, 15) is 4.79 Å². The van der Waals surface area contributed by atoms with Crippen LogP contribution in [-0.2, 0) is 0 Å². The number of rotatable bonds is 1. The second-order valence-electron chi connectivity index (χ2n) is 1.74. The van der Waals surface area contributed by atoms with E-state index in [-0.39, 0.29) is 13.2 Å². The number of carbonyl (C=O) groups is 1. The fourth-order valence-corrected chi connectivity index (χ4v) is 0.592. The van der Waals surface area contributed by atoms with Crippen LogP contribution in [0.4, 0.5) is 0 Å². The zero-order valence-electron chi connectivity index (χ0n) is 4.92. The standard InChI is InChI=1S/C6H6O3.CH4/c1-4-2-3-9-5(4)6(7)8;/h2-3H,1H3,(H,7,8);1H4. The van der Waals surface area contributed by atoms with E-state index < -0.39 is 5.97 Å². The molecular weight excluding hydrogens is 132 g/mol. The van der Waals surface area contributed by atoms with Crippen LogP contribution in [0.25, 0.3) is 0 Å². The highest BCUT2D eigenvalue weighted by Gasteiger charge is 2.08. The summed E-state index contributed by atoms with van der Waals surface area (Å²) in [5.74, 6) is -0.993. The van der Waals surface area contributed by atoms with Crippen molar-refractivity contribution in [3.05, 3.63) is 23.7 Å². The summed E-state index contributed by atoms with van der Waals surface area (Å²) >= 11 is 0. The van der Waals surface area contributed by atoms with Gasteiger partial charge in [-0.2, -0.15) is 0 Å². The normalized spacial score (nSPS) is 8.50. The van der Waals surface area contributed by atoms with Gasteiger partial charge in [-0.25, -0.2) is 4.79 Å². The molecule has 0 amide bonds. The van der Waals surface area contributed by atoms with Crippen molar-refractivity contribution >= 4 is 5.97 Å². The van der Waals surface area contributed by atoms with Crippen molar-refractivity contribution in [3.63, 3.8) is 0 Å². The molecule has 0 aromatic carbocycles. The Morgan fingerprint density at radius 1 is 1.70 bits per heavy atom. The minimum Gasteiger partial charge on any atom is -0.475 e. The number of aromatic carboxylic acids is 1. The highest BCUT2D eigenvalue weighted by Crippen LogP contribution is 2.07. The molecular formula is C7H10O3. The Bertz CT molecular complexity index is 225. The van der Waals surface area contributed by atoms with Crippen LogP contribution in [0.2, 0.25) is 0 Å². The third kappa shape index (κ3) is 1.37. The zero-order valence-corrected chi connectivity index (χ0v) is 4.92. The van der Waals surface area contributed by atoms with Gasteiger partial charge in [0.25, 0.3) is 0 Å². The minimum atomic E-state index is -1.02. The molecule has 0 aliphatic rings. The smallest absolute Gasteiger partial charge is 0.372 e. The lowest BCUT2D eigenvalue weighted by Gasteiger charge is -1.85. The molecule has 3 heteroatoms. The molecule has 1 heterocycles. The second-order valence-corrected chi connectivity index (χ2v) is 1.74. The van der Waals surface area contributed by atoms with E-state index in [0.29, 0.717) is 5.56 Å². The molecule has 1 N–H and O–H groups in total. The van der Waals surface area contributed by atoms with Gasteiger partial charge in [0.2, 0.25) is 5.76 Å². The number of aryl methyl sites for hydroxylation is 1. The Hall–Kier alpha value is -1.25. The highest BCUT2D eigenvalue weighted by molar-refractivity contribution is 5.85. The van der Waals surface area contributed by atoms with Gasteiger partial charge >= 0.3 is 5.97 Å². The van der Waals surface area contributed by atoms with Gasteiger partial charge in [0.1, 0.15) is 0 Å². The zero-order chi connectivity index (χ0) is 6.85. The van der Waals surface area contributed by atoms with Gasteiger partial charge < -0.3 is 9.52 Å². The monoisotopic (exact) mass is 142 g/mol. The number of furan rings is 1. The first-order chi connectivity index (χ1) is 4.22. The van der Waals surface area contributed by atoms with Gasteiger partial charge in [0.15, 0.2) is 0 Å². The minimum absolute atomic E-state index is 0. The van der Waals surface area contributed by atoms with E-state index >= 15 is 0 Å². The molecule has 0 fully saturated rings. The Labute approximate surface area is 59.3 Å². The van der Waals surface area contributed by atoms with Gasteiger partial charge in [-0.05, 0) is 13.0 Å². The fraction of sp³-hybridized carbons (Fsp3) is 0.286. The van der Waals surface area contributed by atoms with Crippen molar-refractivity contribution in [2.75, 3.05) is 0 Å². The molecule has 56 valence electrons. The van der Waals surface area contributed by atoms with E-state index in [1.165, 1.54) is 6.26 Å². The summed E-state index contributed by atoms with van der Waals surface area (Å²) in [6.07, 6.45) is 1.36. The van der Waals surface area contributed by atoms with Crippen molar-refractivity contribution in [2.24, 2.45) is 0 Å². The van der Waals surface area contributed by atoms with Crippen LogP contribution in [0, 0.1) is 6.92 Å². The van der Waals surface area contributed by atoms with Gasteiger partial charge in [-0.15, -0.1) is 0 Å². The summed E-state index contributed by atoms with van der Waals surface area (Å²) in [7, 11) is 0. The van der Waals surface area contributed by atoms with Gasteiger partial charge in [0, 0.05) is 5.56 Å². The molecule has 3 nitrogen and oxygen atoms in total. The third-order valence-electron chi connectivity index (χ3n) is 1.06. The van der Waals surface area contributed by atoms with Gasteiger partial charge in [-0.3, -0.25) is 0 Å². The quantitative estimate of drug-likeness (QED) is 0.651. The van der Waals surface area contributed by atoms with E-state index in [1.54, 1.807) is 13.0 Å². The molecule has 0 saturated heterocycles. The van der Waals surface area contributed by atoms with E-state index in [1.807, 2.05) is 0 Å². The first-order valence-electron chi connectivity index (χ1n) is 2.49. The van der Waals surface area contributed by atoms with E-state index in [0.717, 1.165) is 0 Å². The number of hydrogen-bond acceptors (Lipinski definition) is 2. The van der Waals surface area contributed by atoms with Crippen molar-refractivity contribution in [3.8, 4) is 0 Å². The SMILES string of the molecule is C.Cc1ccoc1C(=O)O. The summed E-state index contributed by atoms with van der Waals surface area (Å²) in [6, 6.07) is 1.61. The van der Waals surface area contributed by atoms with Crippen LogP contribution in [0.3, 0.4) is 0 Å². The lowest BCUT2D eigenvalue weighted by atomic mass is 10.3. The summed E-state index contributed by atoms with van der Waals surface area (Å²) in [5, 5.41) is 8.36. The number of carboxylic acid groups (broad SMARTS) is 1. The Kier molecular flexibility index (Phi) is 2.67. The Morgan fingerprint density at radius 3 is 2.50 bits per heavy atom. The first kappa shape index (κ1) is 8.75. The highest BCUT2D eigenvalue weighted by atomic mass is 16.4. The average Bonchev–Trinajstić information content (AvgIpc) is 2.13. The average molecular weight is 142 g/mol. The predicted molar refractivity (Wildman–Crippen MR) is 37.1 cm³/mol. The molecule has 0 spiro atoms. The third-order valence-corrected chi connectivity index (χ3v) is 1.06. The van der Waals surface area contributed by atoms with Crippen LogP contribution in [-0.4, -0.2) is 11.1 Å². The van der Waals surface area contributed by atoms with E-state index in [4.69, 9.17) is 5.11 Å². The largest absolute Gasteiger partial charge is 0.475 e. The molecule has 0 atom stereocenters. The summed E-state index contributed by atoms with van der Waals surface area (Å²) < 4.78 is 4.63. The van der Waals surface area contributed by atoms with Gasteiger partial charge in [-0.1, -0.05) is 7.43 Å². The Morgan fingerprint density at radius 2 is 2.30 bits per heavy atom. The maximum Gasteiger partial charge on any atom is 0.372 e. The number of carboxylic acids is 1. The van der Waals surface area contributed by atoms with Crippen molar-refractivity contribution in [1.29, 1.82) is 0 Å². The molecule has 10 heavy (non-hydrogen) atoms. The molecule has 0 saturated carbocycles. The summed E-state index contributed by atoms with van der Waals surface area (Å²) in [6.45, 7) is 1.69. The molecule has 1 aromatic rings. The van der Waals surface area contributed by atoms with Crippen LogP contribution in [0.1, 0.15) is 23.5 Å². The molecule has 0 aliphatic heterocycles. The van der Waals surface area contributed by atoms with Crippen LogP contribution in [0.15, 0.2) is 16.7 Å². The lowest BCUT2D eigenvalue weighted by Crippen LogP contribution is -1.94. The van der Waals surface area contributed by atoms with Crippen LogP contribution in [0.5, 0.6) is 0 Å². The molecule has 1 aromatic heterocycles.